The van der Waals surface area contributed by atoms with E-state index in [9.17, 15) is 9.90 Å². The van der Waals surface area contributed by atoms with Gasteiger partial charge in [0.25, 0.3) is 0 Å². The van der Waals surface area contributed by atoms with E-state index in [-0.39, 0.29) is 17.3 Å². The quantitative estimate of drug-likeness (QED) is 0.840. The van der Waals surface area contributed by atoms with Crippen LogP contribution in [0.5, 0.6) is 0 Å². The molecule has 5 heteroatoms. The van der Waals surface area contributed by atoms with Crippen LogP contribution in [0.25, 0.3) is 0 Å². The van der Waals surface area contributed by atoms with Gasteiger partial charge >= 0.3 is 0 Å². The van der Waals surface area contributed by atoms with Gasteiger partial charge in [-0.25, -0.2) is 0 Å². The van der Waals surface area contributed by atoms with E-state index in [4.69, 9.17) is 0 Å². The van der Waals surface area contributed by atoms with Gasteiger partial charge in [0, 0.05) is 24.8 Å². The Morgan fingerprint density at radius 2 is 1.95 bits per heavy atom. The van der Waals surface area contributed by atoms with Gasteiger partial charge in [-0.15, -0.1) is 0 Å². The molecule has 2 unspecified atom stereocenters. The van der Waals surface area contributed by atoms with Crippen LogP contribution in [0.3, 0.4) is 0 Å². The first kappa shape index (κ1) is 15.3. The molecule has 0 radical (unpaired) electrons. The minimum absolute atomic E-state index is 0.188. The molecule has 2 aliphatic rings. The Labute approximate surface area is 120 Å². The molecule has 0 spiro atoms. The summed E-state index contributed by atoms with van der Waals surface area (Å²) in [5, 5.41) is 11.2. The predicted octanol–water partition coefficient (Wildman–Crippen LogP) is 1.04. The molecule has 3 atom stereocenters. The summed E-state index contributed by atoms with van der Waals surface area (Å²) in [6.07, 6.45) is 2.88. The Hall–Kier alpha value is -0.100. The largest absolute Gasteiger partial charge is 0.391 e. The van der Waals surface area contributed by atoms with Crippen LogP contribution >= 0.6 is 11.8 Å². The summed E-state index contributed by atoms with van der Waals surface area (Å²) < 4.78 is 0. The summed E-state index contributed by atoms with van der Waals surface area (Å²) in [6, 6.07) is 0.227. The summed E-state index contributed by atoms with van der Waals surface area (Å²) in [6.45, 7) is 4.72. The number of nitrogens with zero attached hydrogens (tertiary/aromatic N) is 2. The highest BCUT2D eigenvalue weighted by atomic mass is 32.2. The lowest BCUT2D eigenvalue weighted by atomic mass is 9.87. The van der Waals surface area contributed by atoms with Crippen molar-refractivity contribution in [2.24, 2.45) is 5.92 Å². The molecule has 2 fully saturated rings. The van der Waals surface area contributed by atoms with Crippen LogP contribution in [-0.2, 0) is 4.79 Å². The molecule has 2 saturated heterocycles. The van der Waals surface area contributed by atoms with Crippen molar-refractivity contribution in [2.75, 3.05) is 33.7 Å². The van der Waals surface area contributed by atoms with E-state index in [0.717, 1.165) is 38.9 Å². The van der Waals surface area contributed by atoms with E-state index >= 15 is 0 Å². The van der Waals surface area contributed by atoms with Gasteiger partial charge in [0.15, 0.2) is 5.12 Å². The summed E-state index contributed by atoms with van der Waals surface area (Å²) >= 11 is 1.43. The van der Waals surface area contributed by atoms with Gasteiger partial charge in [-0.2, -0.15) is 0 Å². The van der Waals surface area contributed by atoms with Crippen molar-refractivity contribution in [3.05, 3.63) is 0 Å². The number of likely N-dealkylation sites (tertiary alicyclic amines) is 2. The smallest absolute Gasteiger partial charge is 0.186 e. The molecule has 0 aromatic heterocycles. The van der Waals surface area contributed by atoms with Crippen molar-refractivity contribution in [3.63, 3.8) is 0 Å². The average molecular weight is 286 g/mol. The first-order valence-electron chi connectivity index (χ1n) is 7.21. The van der Waals surface area contributed by atoms with Crippen molar-refractivity contribution >= 4 is 16.9 Å². The van der Waals surface area contributed by atoms with Gasteiger partial charge in [0.2, 0.25) is 0 Å². The number of thioether (sulfide) groups is 1. The maximum absolute atomic E-state index is 11.2. The average Bonchev–Trinajstić information content (AvgIpc) is 2.69. The Morgan fingerprint density at radius 1 is 1.32 bits per heavy atom. The van der Waals surface area contributed by atoms with Gasteiger partial charge in [0.1, 0.15) is 0 Å². The third-order valence-electron chi connectivity index (χ3n) is 4.54. The Kier molecular flexibility index (Phi) is 5.29. The minimum Gasteiger partial charge on any atom is -0.391 e. The second kappa shape index (κ2) is 6.57. The highest BCUT2D eigenvalue weighted by molar-refractivity contribution is 8.14. The molecule has 0 amide bonds. The minimum atomic E-state index is -0.240. The molecule has 19 heavy (non-hydrogen) atoms. The molecule has 0 bridgehead atoms. The van der Waals surface area contributed by atoms with Crippen molar-refractivity contribution in [2.45, 2.75) is 43.6 Å². The number of carbonyl (C=O) groups excluding carboxylic acids is 1. The third kappa shape index (κ3) is 3.94. The van der Waals surface area contributed by atoms with E-state index in [1.807, 2.05) is 0 Å². The van der Waals surface area contributed by atoms with Crippen molar-refractivity contribution < 1.29 is 9.90 Å². The van der Waals surface area contributed by atoms with E-state index in [2.05, 4.69) is 23.9 Å². The molecular formula is C14H26N2O2S. The molecular weight excluding hydrogens is 260 g/mol. The predicted molar refractivity (Wildman–Crippen MR) is 79.3 cm³/mol. The maximum Gasteiger partial charge on any atom is 0.186 e. The Balaban J connectivity index is 1.88. The van der Waals surface area contributed by atoms with Gasteiger partial charge in [-0.3, -0.25) is 9.69 Å². The summed E-state index contributed by atoms with van der Waals surface area (Å²) in [4.78, 5) is 15.8. The SMILES string of the molecule is CC(=O)SC1C[C@@H](C(O)C2CCN(C)CC2)N(C)C1. The number of hydrogen-bond donors (Lipinski definition) is 1. The number of piperidine rings is 1. The molecule has 2 heterocycles. The van der Waals surface area contributed by atoms with Crippen LogP contribution in [0.4, 0.5) is 0 Å². The van der Waals surface area contributed by atoms with Gasteiger partial charge in [-0.1, -0.05) is 11.8 Å². The molecule has 0 aromatic carbocycles. The van der Waals surface area contributed by atoms with Crippen molar-refractivity contribution in [1.29, 1.82) is 0 Å². The fraction of sp³-hybridized carbons (Fsp3) is 0.929. The van der Waals surface area contributed by atoms with Gasteiger partial charge in [-0.05, 0) is 52.4 Å². The van der Waals surface area contributed by atoms with Crippen LogP contribution in [0.1, 0.15) is 26.2 Å². The number of likely N-dealkylation sites (N-methyl/N-ethyl adjacent to an activating group) is 1. The van der Waals surface area contributed by atoms with Crippen LogP contribution in [0, 0.1) is 5.92 Å². The topological polar surface area (TPSA) is 43.8 Å². The first-order chi connectivity index (χ1) is 8.97. The second-order valence-corrected chi connectivity index (χ2v) is 7.58. The number of aliphatic hydroxyl groups excluding tert-OH is 1. The van der Waals surface area contributed by atoms with Gasteiger partial charge < -0.3 is 10.0 Å². The fourth-order valence-corrected chi connectivity index (χ4v) is 4.46. The Bertz CT molecular complexity index is 319. The summed E-state index contributed by atoms with van der Waals surface area (Å²) in [5.41, 5.74) is 0. The zero-order valence-electron chi connectivity index (χ0n) is 12.2. The number of aliphatic hydroxyl groups is 1. The van der Waals surface area contributed by atoms with E-state index in [1.165, 1.54) is 11.8 Å². The van der Waals surface area contributed by atoms with Crippen molar-refractivity contribution in [3.8, 4) is 0 Å². The third-order valence-corrected chi connectivity index (χ3v) is 5.54. The van der Waals surface area contributed by atoms with Crippen LogP contribution in [-0.4, -0.2) is 71.1 Å². The monoisotopic (exact) mass is 286 g/mol. The molecule has 0 aliphatic carbocycles. The first-order valence-corrected chi connectivity index (χ1v) is 8.09. The lowest BCUT2D eigenvalue weighted by Gasteiger charge is -2.36. The maximum atomic E-state index is 11.2. The Morgan fingerprint density at radius 3 is 2.53 bits per heavy atom. The van der Waals surface area contributed by atoms with Crippen LogP contribution < -0.4 is 0 Å². The van der Waals surface area contributed by atoms with Gasteiger partial charge in [0.05, 0.1) is 6.10 Å². The van der Waals surface area contributed by atoms with Crippen LogP contribution in [0.2, 0.25) is 0 Å². The molecule has 1 N–H and O–H groups in total. The highest BCUT2D eigenvalue weighted by Gasteiger charge is 2.38. The zero-order chi connectivity index (χ0) is 14.0. The molecule has 110 valence electrons. The summed E-state index contributed by atoms with van der Waals surface area (Å²) in [7, 11) is 4.22. The fourth-order valence-electron chi connectivity index (χ4n) is 3.38. The van der Waals surface area contributed by atoms with E-state index < -0.39 is 0 Å². The van der Waals surface area contributed by atoms with Crippen molar-refractivity contribution in [1.82, 2.24) is 9.80 Å². The van der Waals surface area contributed by atoms with E-state index in [1.54, 1.807) is 6.92 Å². The lowest BCUT2D eigenvalue weighted by Crippen LogP contribution is -2.44. The summed E-state index contributed by atoms with van der Waals surface area (Å²) in [5.74, 6) is 0.421. The molecule has 0 aromatic rings. The number of carbonyl (C=O) groups is 1. The van der Waals surface area contributed by atoms with E-state index in [0.29, 0.717) is 11.2 Å². The lowest BCUT2D eigenvalue weighted by molar-refractivity contribution is -0.109. The zero-order valence-corrected chi connectivity index (χ0v) is 13.0. The molecule has 2 aliphatic heterocycles. The van der Waals surface area contributed by atoms with Crippen LogP contribution in [0.15, 0.2) is 0 Å². The normalized spacial score (nSPS) is 32.6. The number of rotatable bonds is 3. The number of hydrogen-bond acceptors (Lipinski definition) is 5. The second-order valence-electron chi connectivity index (χ2n) is 6.11. The molecule has 0 saturated carbocycles. The molecule has 4 nitrogen and oxygen atoms in total. The standard InChI is InChI=1S/C14H26N2O2S/c1-10(17)19-12-8-13(16(3)9-12)14(18)11-4-6-15(2)7-5-11/h11-14,18H,4-9H2,1-3H3/t12?,13-,14?/m0/s1. The highest BCUT2D eigenvalue weighted by Crippen LogP contribution is 2.33. The molecule has 2 rings (SSSR count).